The molecule has 0 saturated carbocycles. The number of amides is 1. The molecular weight excluding hydrogens is 230 g/mol. The lowest BCUT2D eigenvalue weighted by Crippen LogP contribution is -2.20. The van der Waals surface area contributed by atoms with Crippen LogP contribution in [0.1, 0.15) is 6.92 Å². The summed E-state index contributed by atoms with van der Waals surface area (Å²) in [5.41, 5.74) is 4.86. The lowest BCUT2D eigenvalue weighted by Gasteiger charge is -2.06. The second-order valence-corrected chi connectivity index (χ2v) is 3.08. The Morgan fingerprint density at radius 1 is 0.882 bits per heavy atom. The molecule has 2 N–H and O–H groups in total. The van der Waals surface area contributed by atoms with Crippen molar-refractivity contribution in [2.24, 2.45) is 5.73 Å². The molecule has 0 atom stereocenters. The number of esters is 1. The Bertz CT molecular complexity index is 199. The van der Waals surface area contributed by atoms with Crippen molar-refractivity contribution >= 4 is 11.9 Å². The molecule has 0 aliphatic carbocycles. The SMILES string of the molecule is CC(=O)OCCOCCOCCOCC(N)=O. The molecule has 17 heavy (non-hydrogen) atoms. The molecule has 100 valence electrons. The number of carbonyl (C=O) groups is 2. The molecule has 0 aromatic carbocycles. The van der Waals surface area contributed by atoms with Crippen molar-refractivity contribution in [2.75, 3.05) is 46.2 Å². The smallest absolute Gasteiger partial charge is 0.302 e. The maximum atomic E-state index is 10.4. The lowest BCUT2D eigenvalue weighted by molar-refractivity contribution is -0.142. The summed E-state index contributed by atoms with van der Waals surface area (Å²) in [5, 5.41) is 0. The van der Waals surface area contributed by atoms with Crippen LogP contribution in [0.3, 0.4) is 0 Å². The van der Waals surface area contributed by atoms with Gasteiger partial charge < -0.3 is 24.7 Å². The monoisotopic (exact) mass is 249 g/mol. The Hall–Kier alpha value is -1.18. The number of hydrogen-bond acceptors (Lipinski definition) is 6. The average molecular weight is 249 g/mol. The molecule has 0 fully saturated rings. The van der Waals surface area contributed by atoms with Crippen molar-refractivity contribution in [3.63, 3.8) is 0 Å². The Morgan fingerprint density at radius 3 is 1.82 bits per heavy atom. The molecule has 0 bridgehead atoms. The molecule has 7 heteroatoms. The van der Waals surface area contributed by atoms with Gasteiger partial charge in [-0.2, -0.15) is 0 Å². The van der Waals surface area contributed by atoms with Crippen LogP contribution < -0.4 is 5.73 Å². The van der Waals surface area contributed by atoms with Gasteiger partial charge in [-0.1, -0.05) is 0 Å². The van der Waals surface area contributed by atoms with Gasteiger partial charge in [-0.15, -0.1) is 0 Å². The third-order valence-electron chi connectivity index (χ3n) is 1.52. The predicted octanol–water partition coefficient (Wildman–Crippen LogP) is -0.915. The van der Waals surface area contributed by atoms with Gasteiger partial charge in [0.05, 0.1) is 33.0 Å². The molecule has 0 saturated heterocycles. The zero-order chi connectivity index (χ0) is 12.9. The summed E-state index contributed by atoms with van der Waals surface area (Å²) in [6, 6.07) is 0. The zero-order valence-corrected chi connectivity index (χ0v) is 9.98. The fraction of sp³-hybridized carbons (Fsp3) is 0.800. The van der Waals surface area contributed by atoms with E-state index in [1.165, 1.54) is 6.92 Å². The highest BCUT2D eigenvalue weighted by atomic mass is 16.6. The summed E-state index contributed by atoms with van der Waals surface area (Å²) < 4.78 is 19.8. The van der Waals surface area contributed by atoms with Crippen LogP contribution in [0.4, 0.5) is 0 Å². The van der Waals surface area contributed by atoms with E-state index >= 15 is 0 Å². The Morgan fingerprint density at radius 2 is 1.35 bits per heavy atom. The number of ether oxygens (including phenoxy) is 4. The van der Waals surface area contributed by atoms with Crippen LogP contribution in [-0.2, 0) is 28.5 Å². The summed E-state index contributed by atoms with van der Waals surface area (Å²) in [6.07, 6.45) is 0. The van der Waals surface area contributed by atoms with Gasteiger partial charge in [0.1, 0.15) is 13.2 Å². The molecule has 0 aromatic heterocycles. The normalized spacial score (nSPS) is 10.2. The average Bonchev–Trinajstić information content (AvgIpc) is 2.25. The molecule has 0 spiro atoms. The van der Waals surface area contributed by atoms with E-state index in [2.05, 4.69) is 4.74 Å². The first-order valence-corrected chi connectivity index (χ1v) is 5.28. The molecule has 0 aliphatic rings. The first-order chi connectivity index (χ1) is 8.13. The molecule has 1 amide bonds. The highest BCUT2D eigenvalue weighted by Crippen LogP contribution is 1.82. The number of nitrogens with two attached hydrogens (primary N) is 1. The third kappa shape index (κ3) is 14.8. The largest absolute Gasteiger partial charge is 0.463 e. The minimum atomic E-state index is -0.501. The highest BCUT2D eigenvalue weighted by Gasteiger charge is 1.95. The Balaban J connectivity index is 2.98. The second kappa shape index (κ2) is 11.3. The fourth-order valence-corrected chi connectivity index (χ4v) is 0.857. The maximum absolute atomic E-state index is 10.4. The molecular formula is C10H19NO6. The van der Waals surface area contributed by atoms with Crippen molar-refractivity contribution in [1.82, 2.24) is 0 Å². The summed E-state index contributed by atoms with van der Waals surface area (Å²) in [6.45, 7) is 3.36. The number of primary amides is 1. The second-order valence-electron chi connectivity index (χ2n) is 3.08. The van der Waals surface area contributed by atoms with Gasteiger partial charge in [-0.3, -0.25) is 9.59 Å². The van der Waals surface area contributed by atoms with E-state index < -0.39 is 5.91 Å². The zero-order valence-electron chi connectivity index (χ0n) is 9.98. The van der Waals surface area contributed by atoms with Crippen molar-refractivity contribution < 1.29 is 28.5 Å². The van der Waals surface area contributed by atoms with Crippen molar-refractivity contribution in [2.45, 2.75) is 6.92 Å². The van der Waals surface area contributed by atoms with Crippen LogP contribution in [0, 0.1) is 0 Å². The van der Waals surface area contributed by atoms with Crippen molar-refractivity contribution in [1.29, 1.82) is 0 Å². The summed E-state index contributed by atoms with van der Waals surface area (Å²) in [7, 11) is 0. The Labute approximate surface area is 100 Å². The van der Waals surface area contributed by atoms with E-state index in [1.807, 2.05) is 0 Å². The van der Waals surface area contributed by atoms with Gasteiger partial charge in [0, 0.05) is 6.92 Å². The highest BCUT2D eigenvalue weighted by molar-refractivity contribution is 5.74. The van der Waals surface area contributed by atoms with Crippen LogP contribution in [0.5, 0.6) is 0 Å². The van der Waals surface area contributed by atoms with Gasteiger partial charge >= 0.3 is 5.97 Å². The summed E-state index contributed by atoms with van der Waals surface area (Å²) in [4.78, 5) is 20.7. The lowest BCUT2D eigenvalue weighted by atomic mass is 10.6. The third-order valence-corrected chi connectivity index (χ3v) is 1.52. The van der Waals surface area contributed by atoms with E-state index in [-0.39, 0.29) is 19.2 Å². The minimum absolute atomic E-state index is 0.0950. The van der Waals surface area contributed by atoms with Gasteiger partial charge in [0.15, 0.2) is 0 Å². The molecule has 0 aliphatic heterocycles. The van der Waals surface area contributed by atoms with Gasteiger partial charge in [0.2, 0.25) is 5.91 Å². The molecule has 7 nitrogen and oxygen atoms in total. The van der Waals surface area contributed by atoms with E-state index in [0.717, 1.165) is 0 Å². The first-order valence-electron chi connectivity index (χ1n) is 5.28. The van der Waals surface area contributed by atoms with E-state index in [4.69, 9.17) is 19.9 Å². The number of hydrogen-bond donors (Lipinski definition) is 1. The van der Waals surface area contributed by atoms with Crippen LogP contribution in [0.15, 0.2) is 0 Å². The van der Waals surface area contributed by atoms with Gasteiger partial charge in [-0.25, -0.2) is 0 Å². The number of carbonyl (C=O) groups excluding carboxylic acids is 2. The van der Waals surface area contributed by atoms with E-state index in [1.54, 1.807) is 0 Å². The molecule has 0 rings (SSSR count). The maximum Gasteiger partial charge on any atom is 0.302 e. The van der Waals surface area contributed by atoms with Gasteiger partial charge in [-0.05, 0) is 0 Å². The Kier molecular flexibility index (Phi) is 10.5. The van der Waals surface area contributed by atoms with Crippen LogP contribution >= 0.6 is 0 Å². The fourth-order valence-electron chi connectivity index (χ4n) is 0.857. The van der Waals surface area contributed by atoms with Crippen LogP contribution in [0.25, 0.3) is 0 Å². The molecule has 0 aromatic rings. The molecule has 0 radical (unpaired) electrons. The first kappa shape index (κ1) is 15.8. The van der Waals surface area contributed by atoms with E-state index in [0.29, 0.717) is 33.0 Å². The quantitative estimate of drug-likeness (QED) is 0.376. The number of rotatable bonds is 11. The summed E-state index contributed by atoms with van der Waals surface area (Å²) in [5.74, 6) is -0.824. The van der Waals surface area contributed by atoms with Crippen LogP contribution in [-0.4, -0.2) is 58.1 Å². The van der Waals surface area contributed by atoms with Crippen molar-refractivity contribution in [3.8, 4) is 0 Å². The van der Waals surface area contributed by atoms with Gasteiger partial charge in [0.25, 0.3) is 0 Å². The van der Waals surface area contributed by atoms with Crippen molar-refractivity contribution in [3.05, 3.63) is 0 Å². The van der Waals surface area contributed by atoms with E-state index in [9.17, 15) is 9.59 Å². The summed E-state index contributed by atoms with van der Waals surface area (Å²) >= 11 is 0. The standard InChI is InChI=1S/C10H19NO6/c1-9(12)17-7-6-15-3-2-14-4-5-16-8-10(11)13/h2-8H2,1H3,(H2,11,13). The molecule has 0 unspecified atom stereocenters. The molecule has 0 heterocycles. The van der Waals surface area contributed by atoms with Crippen LogP contribution in [0.2, 0.25) is 0 Å². The minimum Gasteiger partial charge on any atom is -0.463 e. The topological polar surface area (TPSA) is 97.1 Å². The predicted molar refractivity (Wildman–Crippen MR) is 58.3 cm³/mol.